The van der Waals surface area contributed by atoms with E-state index in [0.717, 1.165) is 12.0 Å². The molecule has 0 fully saturated rings. The number of hydrogen-bond acceptors (Lipinski definition) is 1. The Morgan fingerprint density at radius 2 is 1.81 bits per heavy atom. The van der Waals surface area contributed by atoms with Crippen LogP contribution in [0.15, 0.2) is 42.0 Å². The molecule has 1 aromatic carbocycles. The largest absolute Gasteiger partial charge is 0.385 e. The first-order chi connectivity index (χ1) is 9.60. The lowest BCUT2D eigenvalue weighted by Crippen LogP contribution is -2.34. The molecule has 0 radical (unpaired) electrons. The number of rotatable bonds is 4. The van der Waals surface area contributed by atoms with Crippen LogP contribution in [0.25, 0.3) is 0 Å². The first-order valence-electron chi connectivity index (χ1n) is 7.55. The summed E-state index contributed by atoms with van der Waals surface area (Å²) in [7, 11) is -1.45. The van der Waals surface area contributed by atoms with Crippen molar-refractivity contribution < 1.29 is 5.11 Å². The highest BCUT2D eigenvalue weighted by Gasteiger charge is 2.28. The highest BCUT2D eigenvalue weighted by atomic mass is 28.3. The van der Waals surface area contributed by atoms with Gasteiger partial charge in [0.05, 0.1) is 11.5 Å². The first kappa shape index (κ1) is 17.7. The maximum Gasteiger partial charge on any atom is 0.129 e. The van der Waals surface area contributed by atoms with Crippen LogP contribution in [0.2, 0.25) is 19.6 Å². The molecule has 114 valence electrons. The maximum absolute atomic E-state index is 10.8. The van der Waals surface area contributed by atoms with Crippen LogP contribution in [-0.4, -0.2) is 18.8 Å². The van der Waals surface area contributed by atoms with Crippen LogP contribution in [0.4, 0.5) is 0 Å². The fraction of sp³-hybridized carbons (Fsp3) is 0.474. The van der Waals surface area contributed by atoms with Crippen LogP contribution in [0.3, 0.4) is 0 Å². The average Bonchev–Trinajstić information content (AvgIpc) is 2.32. The summed E-state index contributed by atoms with van der Waals surface area (Å²) >= 11 is 0. The third-order valence-corrected chi connectivity index (χ3v) is 4.08. The maximum atomic E-state index is 10.8. The molecule has 0 bridgehead atoms. The van der Waals surface area contributed by atoms with Gasteiger partial charge < -0.3 is 5.11 Å². The standard InChI is InChI=1S/C19H28OSi/c1-16(2)15-19(3,20)18(12-13-21(4,5)6)14-17-10-8-7-9-11-17/h7-11,15,18,20H,14H2,1-6H3/t18-,19+/m0/s1. The smallest absolute Gasteiger partial charge is 0.129 e. The van der Waals surface area contributed by atoms with Crippen molar-refractivity contribution in [3.63, 3.8) is 0 Å². The van der Waals surface area contributed by atoms with Crippen molar-refractivity contribution in [1.29, 1.82) is 0 Å². The van der Waals surface area contributed by atoms with E-state index in [9.17, 15) is 5.11 Å². The molecule has 1 N–H and O–H groups in total. The molecule has 1 aromatic rings. The van der Waals surface area contributed by atoms with Crippen molar-refractivity contribution in [1.82, 2.24) is 0 Å². The molecule has 0 aliphatic rings. The van der Waals surface area contributed by atoms with Gasteiger partial charge in [0.15, 0.2) is 0 Å². The Kier molecular flexibility index (Phi) is 6.01. The van der Waals surface area contributed by atoms with Crippen molar-refractivity contribution in [3.05, 3.63) is 47.5 Å². The second kappa shape index (κ2) is 7.11. The zero-order valence-electron chi connectivity index (χ0n) is 14.2. The Hall–Kier alpha value is -1.30. The topological polar surface area (TPSA) is 20.2 Å². The van der Waals surface area contributed by atoms with Crippen LogP contribution in [0.1, 0.15) is 26.3 Å². The first-order valence-corrected chi connectivity index (χ1v) is 11.1. The fourth-order valence-corrected chi connectivity index (χ4v) is 2.85. The molecule has 0 aliphatic carbocycles. The van der Waals surface area contributed by atoms with E-state index >= 15 is 0 Å². The molecule has 21 heavy (non-hydrogen) atoms. The lowest BCUT2D eigenvalue weighted by molar-refractivity contribution is 0.0702. The van der Waals surface area contributed by atoms with Gasteiger partial charge in [-0.05, 0) is 32.8 Å². The molecular weight excluding hydrogens is 272 g/mol. The number of hydrogen-bond donors (Lipinski definition) is 1. The van der Waals surface area contributed by atoms with Gasteiger partial charge in [0.2, 0.25) is 0 Å². The number of benzene rings is 1. The summed E-state index contributed by atoms with van der Waals surface area (Å²) in [5.74, 6) is 3.29. The Morgan fingerprint density at radius 1 is 1.24 bits per heavy atom. The third-order valence-electron chi connectivity index (χ3n) is 3.19. The fourth-order valence-electron chi connectivity index (χ4n) is 2.24. The minimum atomic E-state index is -1.45. The highest BCUT2D eigenvalue weighted by molar-refractivity contribution is 6.83. The summed E-state index contributed by atoms with van der Waals surface area (Å²) in [5.41, 5.74) is 4.86. The zero-order valence-corrected chi connectivity index (χ0v) is 15.2. The van der Waals surface area contributed by atoms with Crippen LogP contribution in [-0.2, 0) is 6.42 Å². The van der Waals surface area contributed by atoms with Crippen LogP contribution in [0, 0.1) is 17.4 Å². The van der Waals surface area contributed by atoms with E-state index in [1.807, 2.05) is 45.0 Å². The molecule has 0 amide bonds. The van der Waals surface area contributed by atoms with E-state index < -0.39 is 13.7 Å². The van der Waals surface area contributed by atoms with E-state index in [4.69, 9.17) is 0 Å². The lowest BCUT2D eigenvalue weighted by atomic mass is 9.83. The zero-order chi connectivity index (χ0) is 16.1. The second-order valence-corrected chi connectivity index (χ2v) is 12.0. The van der Waals surface area contributed by atoms with Gasteiger partial charge in [0.1, 0.15) is 8.07 Å². The van der Waals surface area contributed by atoms with E-state index in [2.05, 4.69) is 43.2 Å². The second-order valence-electron chi connectivity index (χ2n) is 7.21. The normalized spacial score (nSPS) is 15.4. The SMILES string of the molecule is CC(C)=C[C@@](C)(O)[C@@H](C#C[Si](C)(C)C)Cc1ccccc1. The van der Waals surface area contributed by atoms with Gasteiger partial charge in [-0.15, -0.1) is 11.5 Å². The van der Waals surface area contributed by atoms with Crippen LogP contribution in [0.5, 0.6) is 0 Å². The molecule has 0 aromatic heterocycles. The van der Waals surface area contributed by atoms with Gasteiger partial charge in [-0.25, -0.2) is 0 Å². The molecule has 0 spiro atoms. The van der Waals surface area contributed by atoms with Crippen molar-refractivity contribution in [2.24, 2.45) is 5.92 Å². The molecule has 1 nitrogen and oxygen atoms in total. The van der Waals surface area contributed by atoms with Crippen molar-refractivity contribution in [2.75, 3.05) is 0 Å². The Bertz CT molecular complexity index is 534. The lowest BCUT2D eigenvalue weighted by Gasteiger charge is -2.27. The van der Waals surface area contributed by atoms with Gasteiger partial charge in [0.25, 0.3) is 0 Å². The summed E-state index contributed by atoms with van der Waals surface area (Å²) in [6, 6.07) is 10.3. The Labute approximate surface area is 131 Å². The number of aliphatic hydroxyl groups is 1. The van der Waals surface area contributed by atoms with Gasteiger partial charge in [-0.3, -0.25) is 0 Å². The molecule has 0 unspecified atom stereocenters. The van der Waals surface area contributed by atoms with Crippen LogP contribution < -0.4 is 0 Å². The van der Waals surface area contributed by atoms with E-state index in [1.165, 1.54) is 5.56 Å². The summed E-state index contributed by atoms with van der Waals surface area (Å²) in [5, 5.41) is 10.8. The van der Waals surface area contributed by atoms with Gasteiger partial charge in [0, 0.05) is 0 Å². The van der Waals surface area contributed by atoms with Crippen molar-refractivity contribution >= 4 is 8.07 Å². The van der Waals surface area contributed by atoms with E-state index in [1.54, 1.807) is 0 Å². The minimum absolute atomic E-state index is 0.0819. The molecule has 0 aliphatic heterocycles. The molecule has 0 heterocycles. The third kappa shape index (κ3) is 6.79. The predicted octanol–water partition coefficient (Wildman–Crippen LogP) is 4.44. The molecule has 0 saturated carbocycles. The van der Waals surface area contributed by atoms with E-state index in [-0.39, 0.29) is 5.92 Å². The summed E-state index contributed by atoms with van der Waals surface area (Å²) < 4.78 is 0. The van der Waals surface area contributed by atoms with Gasteiger partial charge in [-0.1, -0.05) is 61.6 Å². The highest BCUT2D eigenvalue weighted by Crippen LogP contribution is 2.24. The average molecular weight is 301 g/mol. The minimum Gasteiger partial charge on any atom is -0.385 e. The predicted molar refractivity (Wildman–Crippen MR) is 94.8 cm³/mol. The number of allylic oxidation sites excluding steroid dienone is 1. The van der Waals surface area contributed by atoms with Crippen molar-refractivity contribution in [3.8, 4) is 11.5 Å². The van der Waals surface area contributed by atoms with E-state index in [0.29, 0.717) is 0 Å². The van der Waals surface area contributed by atoms with Crippen LogP contribution >= 0.6 is 0 Å². The Balaban J connectivity index is 3.11. The quantitative estimate of drug-likeness (QED) is 0.495. The summed E-state index contributed by atoms with van der Waals surface area (Å²) in [4.78, 5) is 0. The monoisotopic (exact) mass is 300 g/mol. The molecule has 1 rings (SSSR count). The molecule has 0 saturated heterocycles. The molecule has 2 heteroatoms. The molecular formula is C19H28OSi. The van der Waals surface area contributed by atoms with Crippen molar-refractivity contribution in [2.45, 2.75) is 52.4 Å². The molecule has 2 atom stereocenters. The summed E-state index contributed by atoms with van der Waals surface area (Å²) in [6.45, 7) is 12.6. The Morgan fingerprint density at radius 3 is 2.29 bits per heavy atom. The summed E-state index contributed by atoms with van der Waals surface area (Å²) in [6.07, 6.45) is 2.70. The van der Waals surface area contributed by atoms with Gasteiger partial charge in [-0.2, -0.15) is 0 Å². The van der Waals surface area contributed by atoms with Gasteiger partial charge >= 0.3 is 0 Å².